The van der Waals surface area contributed by atoms with Gasteiger partial charge in [-0.1, -0.05) is 6.92 Å². The minimum atomic E-state index is -3.84. The number of sulfonamides is 1. The molecule has 9 heteroatoms. The first-order chi connectivity index (χ1) is 13.7. The van der Waals surface area contributed by atoms with Gasteiger partial charge in [-0.2, -0.15) is 0 Å². The fraction of sp³-hybridized carbons (Fsp3) is 0.400. The number of benzene rings is 1. The van der Waals surface area contributed by atoms with Crippen LogP contribution in [-0.4, -0.2) is 30.3 Å². The van der Waals surface area contributed by atoms with E-state index in [1.54, 1.807) is 39.2 Å². The standard InChI is InChI=1S/C20H26N4O4S/c1-7-17-21-22-20(28-17)18-13(4)19(14(5)24(18)8-2)29(25,26)23-16-10-9-15(27-6)11-12(16)3/h9-11,23H,7-8H2,1-6H3. The summed E-state index contributed by atoms with van der Waals surface area (Å²) in [5.41, 5.74) is 3.09. The molecule has 0 aliphatic rings. The van der Waals surface area contributed by atoms with Crippen LogP contribution in [0.1, 0.15) is 36.6 Å². The number of hydrogen-bond acceptors (Lipinski definition) is 6. The number of hydrogen-bond donors (Lipinski definition) is 1. The summed E-state index contributed by atoms with van der Waals surface area (Å²) in [5.74, 6) is 1.50. The van der Waals surface area contributed by atoms with Crippen LogP contribution in [0.2, 0.25) is 0 Å². The van der Waals surface area contributed by atoms with E-state index in [0.717, 1.165) is 5.56 Å². The average Bonchev–Trinajstić information content (AvgIpc) is 3.24. The van der Waals surface area contributed by atoms with E-state index in [4.69, 9.17) is 9.15 Å². The van der Waals surface area contributed by atoms with Crippen molar-refractivity contribution < 1.29 is 17.6 Å². The molecule has 0 unspecified atom stereocenters. The molecule has 3 aromatic rings. The van der Waals surface area contributed by atoms with Crippen LogP contribution in [-0.2, 0) is 23.0 Å². The van der Waals surface area contributed by atoms with Gasteiger partial charge in [-0.05, 0) is 51.5 Å². The number of ether oxygens (including phenoxy) is 1. The number of aryl methyl sites for hydroxylation is 2. The van der Waals surface area contributed by atoms with Gasteiger partial charge in [-0.25, -0.2) is 8.42 Å². The number of nitrogens with zero attached hydrogens (tertiary/aromatic N) is 3. The predicted octanol–water partition coefficient (Wildman–Crippen LogP) is 3.86. The van der Waals surface area contributed by atoms with Crippen molar-refractivity contribution in [3.63, 3.8) is 0 Å². The summed E-state index contributed by atoms with van der Waals surface area (Å²) in [6.07, 6.45) is 0.612. The van der Waals surface area contributed by atoms with Crippen LogP contribution >= 0.6 is 0 Å². The number of methoxy groups -OCH3 is 1. The van der Waals surface area contributed by atoms with E-state index in [2.05, 4.69) is 14.9 Å². The molecule has 0 atom stereocenters. The quantitative estimate of drug-likeness (QED) is 0.626. The Balaban J connectivity index is 2.10. The molecule has 0 saturated carbocycles. The van der Waals surface area contributed by atoms with Gasteiger partial charge in [0.1, 0.15) is 16.3 Å². The molecule has 0 fully saturated rings. The lowest BCUT2D eigenvalue weighted by Crippen LogP contribution is -2.15. The maximum Gasteiger partial charge on any atom is 0.264 e. The minimum absolute atomic E-state index is 0.223. The maximum absolute atomic E-state index is 13.3. The van der Waals surface area contributed by atoms with E-state index in [-0.39, 0.29) is 4.90 Å². The molecule has 0 aliphatic carbocycles. The highest BCUT2D eigenvalue weighted by atomic mass is 32.2. The van der Waals surface area contributed by atoms with Crippen LogP contribution in [0.15, 0.2) is 27.5 Å². The van der Waals surface area contributed by atoms with Gasteiger partial charge in [0.15, 0.2) is 0 Å². The Labute approximate surface area is 171 Å². The molecule has 0 radical (unpaired) electrons. The summed E-state index contributed by atoms with van der Waals surface area (Å²) in [6.45, 7) is 9.82. The molecule has 3 rings (SSSR count). The topological polar surface area (TPSA) is 99.3 Å². The normalized spacial score (nSPS) is 11.7. The van der Waals surface area contributed by atoms with Crippen LogP contribution in [0.4, 0.5) is 5.69 Å². The molecule has 0 saturated heterocycles. The molecule has 0 bridgehead atoms. The monoisotopic (exact) mass is 418 g/mol. The number of nitrogens with one attached hydrogen (secondary N) is 1. The van der Waals surface area contributed by atoms with Crippen molar-refractivity contribution in [1.82, 2.24) is 14.8 Å². The highest BCUT2D eigenvalue weighted by Crippen LogP contribution is 2.35. The zero-order chi connectivity index (χ0) is 21.3. The lowest BCUT2D eigenvalue weighted by Gasteiger charge is -2.12. The van der Waals surface area contributed by atoms with Crippen LogP contribution in [0.5, 0.6) is 5.75 Å². The molecule has 0 aliphatic heterocycles. The number of rotatable bonds is 7. The molecule has 0 amide bonds. The summed E-state index contributed by atoms with van der Waals surface area (Å²) in [5, 5.41) is 8.13. The lowest BCUT2D eigenvalue weighted by molar-refractivity contribution is 0.414. The molecule has 156 valence electrons. The summed E-state index contributed by atoms with van der Waals surface area (Å²) in [7, 11) is -2.27. The third kappa shape index (κ3) is 3.74. The van der Waals surface area contributed by atoms with E-state index in [0.29, 0.717) is 53.1 Å². The molecule has 1 aromatic carbocycles. The lowest BCUT2D eigenvalue weighted by atomic mass is 10.2. The first-order valence-electron chi connectivity index (χ1n) is 9.43. The Bertz CT molecular complexity index is 1150. The van der Waals surface area contributed by atoms with Gasteiger partial charge in [0.25, 0.3) is 15.9 Å². The van der Waals surface area contributed by atoms with E-state index < -0.39 is 10.0 Å². The maximum atomic E-state index is 13.3. The van der Waals surface area contributed by atoms with Gasteiger partial charge >= 0.3 is 0 Å². The van der Waals surface area contributed by atoms with E-state index in [1.807, 2.05) is 25.3 Å². The van der Waals surface area contributed by atoms with Gasteiger partial charge in [0, 0.05) is 24.2 Å². The van der Waals surface area contributed by atoms with Crippen LogP contribution in [0.25, 0.3) is 11.6 Å². The molecule has 29 heavy (non-hydrogen) atoms. The van der Waals surface area contributed by atoms with Crippen LogP contribution in [0.3, 0.4) is 0 Å². The number of aromatic nitrogens is 3. The van der Waals surface area contributed by atoms with Gasteiger partial charge in [-0.3, -0.25) is 4.72 Å². The Hall–Kier alpha value is -2.81. The minimum Gasteiger partial charge on any atom is -0.497 e. The Morgan fingerprint density at radius 3 is 2.45 bits per heavy atom. The summed E-state index contributed by atoms with van der Waals surface area (Å²) in [6, 6.07) is 5.20. The van der Waals surface area contributed by atoms with E-state index in [9.17, 15) is 8.42 Å². The van der Waals surface area contributed by atoms with Gasteiger partial charge < -0.3 is 13.7 Å². The van der Waals surface area contributed by atoms with E-state index in [1.165, 1.54) is 0 Å². The highest BCUT2D eigenvalue weighted by Gasteiger charge is 2.30. The van der Waals surface area contributed by atoms with Gasteiger partial charge in [0.2, 0.25) is 5.89 Å². The molecular weight excluding hydrogens is 392 g/mol. The molecule has 8 nitrogen and oxygen atoms in total. The third-order valence-corrected chi connectivity index (χ3v) is 6.56. The Kier molecular flexibility index (Phi) is 5.70. The molecular formula is C20H26N4O4S. The SMILES string of the molecule is CCc1nnc(-c2c(C)c(S(=O)(=O)Nc3ccc(OC)cc3C)c(C)n2CC)o1. The zero-order valence-corrected chi connectivity index (χ0v) is 18.3. The summed E-state index contributed by atoms with van der Waals surface area (Å²) < 4.78 is 42.1. The second-order valence-corrected chi connectivity index (χ2v) is 8.39. The van der Waals surface area contributed by atoms with Crippen molar-refractivity contribution in [2.45, 2.75) is 52.5 Å². The zero-order valence-electron chi connectivity index (χ0n) is 17.5. The van der Waals surface area contributed by atoms with E-state index >= 15 is 0 Å². The molecule has 1 N–H and O–H groups in total. The highest BCUT2D eigenvalue weighted by molar-refractivity contribution is 7.92. The summed E-state index contributed by atoms with van der Waals surface area (Å²) in [4.78, 5) is 0.223. The first kappa shape index (κ1) is 20.9. The molecule has 2 aromatic heterocycles. The largest absolute Gasteiger partial charge is 0.497 e. The summed E-state index contributed by atoms with van der Waals surface area (Å²) >= 11 is 0. The second kappa shape index (κ2) is 7.90. The van der Waals surface area contributed by atoms with Crippen molar-refractivity contribution >= 4 is 15.7 Å². The van der Waals surface area contributed by atoms with Crippen molar-refractivity contribution in [3.8, 4) is 17.3 Å². The van der Waals surface area contributed by atoms with Crippen molar-refractivity contribution in [2.24, 2.45) is 0 Å². The Morgan fingerprint density at radius 1 is 1.17 bits per heavy atom. The van der Waals surface area contributed by atoms with Gasteiger partial charge in [-0.15, -0.1) is 10.2 Å². The van der Waals surface area contributed by atoms with Crippen molar-refractivity contribution in [2.75, 3.05) is 11.8 Å². The van der Waals surface area contributed by atoms with Crippen molar-refractivity contribution in [3.05, 3.63) is 40.9 Å². The van der Waals surface area contributed by atoms with Gasteiger partial charge in [0.05, 0.1) is 12.8 Å². The van der Waals surface area contributed by atoms with Crippen LogP contribution in [0, 0.1) is 20.8 Å². The second-order valence-electron chi connectivity index (χ2n) is 6.77. The fourth-order valence-electron chi connectivity index (χ4n) is 3.50. The fourth-order valence-corrected chi connectivity index (χ4v) is 5.12. The number of anilines is 1. The predicted molar refractivity (Wildman–Crippen MR) is 111 cm³/mol. The molecule has 0 spiro atoms. The Morgan fingerprint density at radius 2 is 1.90 bits per heavy atom. The van der Waals surface area contributed by atoms with Crippen LogP contribution < -0.4 is 9.46 Å². The first-order valence-corrected chi connectivity index (χ1v) is 10.9. The smallest absolute Gasteiger partial charge is 0.264 e. The average molecular weight is 419 g/mol. The van der Waals surface area contributed by atoms with Crippen molar-refractivity contribution in [1.29, 1.82) is 0 Å². The third-order valence-electron chi connectivity index (χ3n) is 4.93. The molecule has 2 heterocycles.